The van der Waals surface area contributed by atoms with Gasteiger partial charge in [-0.25, -0.2) is 0 Å². The van der Waals surface area contributed by atoms with Crippen molar-refractivity contribution < 1.29 is 9.53 Å². The number of carbonyl (C=O) groups is 1. The zero-order valence-corrected chi connectivity index (χ0v) is 10.8. The van der Waals surface area contributed by atoms with Gasteiger partial charge in [0.15, 0.2) is 6.29 Å². The van der Waals surface area contributed by atoms with Crippen molar-refractivity contribution in [2.24, 2.45) is 5.92 Å². The molecule has 2 aromatic rings. The Labute approximate surface area is 108 Å². The number of fused-ring (bicyclic) bond motifs is 1. The SMILES string of the molecule is CC(C)CCOc1ccc2ccccc2c1C=O. The number of hydrogen-bond acceptors (Lipinski definition) is 2. The van der Waals surface area contributed by atoms with Gasteiger partial charge in [0, 0.05) is 0 Å². The normalized spacial score (nSPS) is 10.8. The van der Waals surface area contributed by atoms with Gasteiger partial charge < -0.3 is 4.74 Å². The van der Waals surface area contributed by atoms with Crippen molar-refractivity contribution in [3.05, 3.63) is 42.0 Å². The fraction of sp³-hybridized carbons (Fsp3) is 0.312. The first-order chi connectivity index (χ1) is 8.72. The lowest BCUT2D eigenvalue weighted by atomic mass is 10.0. The Kier molecular flexibility index (Phi) is 3.98. The molecule has 2 heteroatoms. The van der Waals surface area contributed by atoms with E-state index in [4.69, 9.17) is 4.74 Å². The summed E-state index contributed by atoms with van der Waals surface area (Å²) >= 11 is 0. The van der Waals surface area contributed by atoms with Gasteiger partial charge in [0.2, 0.25) is 0 Å². The van der Waals surface area contributed by atoms with Crippen LogP contribution in [0, 0.1) is 5.92 Å². The van der Waals surface area contributed by atoms with E-state index >= 15 is 0 Å². The average Bonchev–Trinajstić information content (AvgIpc) is 2.38. The van der Waals surface area contributed by atoms with Crippen molar-refractivity contribution in [1.29, 1.82) is 0 Å². The number of rotatable bonds is 5. The Morgan fingerprint density at radius 3 is 2.67 bits per heavy atom. The molecule has 0 saturated heterocycles. The lowest BCUT2D eigenvalue weighted by Crippen LogP contribution is -2.03. The number of benzene rings is 2. The molecule has 0 saturated carbocycles. The van der Waals surface area contributed by atoms with Crippen LogP contribution in [0.1, 0.15) is 30.6 Å². The summed E-state index contributed by atoms with van der Waals surface area (Å²) in [5, 5.41) is 2.02. The van der Waals surface area contributed by atoms with Gasteiger partial charge in [0.1, 0.15) is 5.75 Å². The predicted molar refractivity (Wildman–Crippen MR) is 74.3 cm³/mol. The molecule has 0 radical (unpaired) electrons. The molecule has 0 N–H and O–H groups in total. The van der Waals surface area contributed by atoms with E-state index in [9.17, 15) is 4.79 Å². The fourth-order valence-electron chi connectivity index (χ4n) is 1.93. The lowest BCUT2D eigenvalue weighted by molar-refractivity contribution is 0.112. The topological polar surface area (TPSA) is 26.3 Å². The van der Waals surface area contributed by atoms with Gasteiger partial charge in [0.25, 0.3) is 0 Å². The van der Waals surface area contributed by atoms with Crippen molar-refractivity contribution in [2.45, 2.75) is 20.3 Å². The van der Waals surface area contributed by atoms with Crippen LogP contribution in [0.3, 0.4) is 0 Å². The summed E-state index contributed by atoms with van der Waals surface area (Å²) in [6.07, 6.45) is 1.87. The molecule has 0 heterocycles. The van der Waals surface area contributed by atoms with Gasteiger partial charge in [0.05, 0.1) is 12.2 Å². The molecule has 2 rings (SSSR count). The van der Waals surface area contributed by atoms with Crippen molar-refractivity contribution >= 4 is 17.1 Å². The number of aldehydes is 1. The molecule has 2 nitrogen and oxygen atoms in total. The van der Waals surface area contributed by atoms with Gasteiger partial charge in [-0.3, -0.25) is 4.79 Å². The maximum absolute atomic E-state index is 11.3. The van der Waals surface area contributed by atoms with E-state index in [0.717, 1.165) is 23.5 Å². The first kappa shape index (κ1) is 12.6. The molecule has 94 valence electrons. The molecule has 0 fully saturated rings. The number of carbonyl (C=O) groups excluding carboxylic acids is 1. The Balaban J connectivity index is 2.30. The minimum absolute atomic E-state index is 0.602. The van der Waals surface area contributed by atoms with Gasteiger partial charge in [-0.1, -0.05) is 44.2 Å². The summed E-state index contributed by atoms with van der Waals surface area (Å²) in [5.41, 5.74) is 0.650. The van der Waals surface area contributed by atoms with E-state index in [1.165, 1.54) is 0 Å². The molecule has 0 unspecified atom stereocenters. The highest BCUT2D eigenvalue weighted by Gasteiger charge is 2.07. The Morgan fingerprint density at radius 2 is 1.94 bits per heavy atom. The average molecular weight is 242 g/mol. The minimum atomic E-state index is 0.602. The molecule has 0 atom stereocenters. The van der Waals surface area contributed by atoms with E-state index in [1.54, 1.807) is 0 Å². The zero-order valence-electron chi connectivity index (χ0n) is 10.8. The monoisotopic (exact) mass is 242 g/mol. The standard InChI is InChI=1S/C16H18O2/c1-12(2)9-10-18-16-8-7-13-5-3-4-6-14(13)15(16)11-17/h3-8,11-12H,9-10H2,1-2H3. The van der Waals surface area contributed by atoms with E-state index in [1.807, 2.05) is 36.4 Å². The van der Waals surface area contributed by atoms with E-state index < -0.39 is 0 Å². The van der Waals surface area contributed by atoms with Crippen LogP contribution in [0.15, 0.2) is 36.4 Å². The van der Waals surface area contributed by atoms with Crippen LogP contribution in [0.2, 0.25) is 0 Å². The van der Waals surface area contributed by atoms with Crippen LogP contribution in [0.4, 0.5) is 0 Å². The second kappa shape index (κ2) is 5.67. The summed E-state index contributed by atoms with van der Waals surface area (Å²) in [6, 6.07) is 11.7. The maximum Gasteiger partial charge on any atom is 0.154 e. The van der Waals surface area contributed by atoms with Crippen molar-refractivity contribution in [2.75, 3.05) is 6.61 Å². The molecular weight excluding hydrogens is 224 g/mol. The van der Waals surface area contributed by atoms with Crippen molar-refractivity contribution in [3.63, 3.8) is 0 Å². The molecule has 0 bridgehead atoms. The van der Waals surface area contributed by atoms with Crippen LogP contribution in [0.25, 0.3) is 10.8 Å². The van der Waals surface area contributed by atoms with Crippen LogP contribution in [0.5, 0.6) is 5.75 Å². The first-order valence-electron chi connectivity index (χ1n) is 6.32. The van der Waals surface area contributed by atoms with E-state index in [0.29, 0.717) is 23.8 Å². The van der Waals surface area contributed by atoms with Crippen LogP contribution >= 0.6 is 0 Å². The van der Waals surface area contributed by atoms with Gasteiger partial charge in [-0.15, -0.1) is 0 Å². The molecule has 2 aromatic carbocycles. The largest absolute Gasteiger partial charge is 0.493 e. The molecule has 0 aliphatic heterocycles. The van der Waals surface area contributed by atoms with Crippen LogP contribution in [-0.4, -0.2) is 12.9 Å². The van der Waals surface area contributed by atoms with Gasteiger partial charge in [-0.2, -0.15) is 0 Å². The summed E-state index contributed by atoms with van der Waals surface area (Å²) in [5.74, 6) is 1.29. The highest BCUT2D eigenvalue weighted by Crippen LogP contribution is 2.26. The Hall–Kier alpha value is -1.83. The summed E-state index contributed by atoms with van der Waals surface area (Å²) in [6.45, 7) is 4.96. The summed E-state index contributed by atoms with van der Waals surface area (Å²) in [7, 11) is 0. The number of ether oxygens (including phenoxy) is 1. The second-order valence-electron chi connectivity index (χ2n) is 4.85. The molecule has 0 aliphatic carbocycles. The summed E-state index contributed by atoms with van der Waals surface area (Å²) in [4.78, 5) is 11.3. The third-order valence-electron chi connectivity index (χ3n) is 3.00. The third-order valence-corrected chi connectivity index (χ3v) is 3.00. The summed E-state index contributed by atoms with van der Waals surface area (Å²) < 4.78 is 5.72. The maximum atomic E-state index is 11.3. The van der Waals surface area contributed by atoms with E-state index in [-0.39, 0.29) is 0 Å². The molecule has 18 heavy (non-hydrogen) atoms. The highest BCUT2D eigenvalue weighted by molar-refractivity contribution is 6.00. The van der Waals surface area contributed by atoms with Crippen LogP contribution < -0.4 is 4.74 Å². The van der Waals surface area contributed by atoms with E-state index in [2.05, 4.69) is 13.8 Å². The molecule has 0 spiro atoms. The van der Waals surface area contributed by atoms with Crippen molar-refractivity contribution in [1.82, 2.24) is 0 Å². The van der Waals surface area contributed by atoms with Gasteiger partial charge in [-0.05, 0) is 29.2 Å². The lowest BCUT2D eigenvalue weighted by Gasteiger charge is -2.11. The smallest absolute Gasteiger partial charge is 0.154 e. The Bertz CT molecular complexity index is 544. The van der Waals surface area contributed by atoms with Crippen molar-refractivity contribution in [3.8, 4) is 5.75 Å². The molecular formula is C16H18O2. The molecule has 0 aromatic heterocycles. The highest BCUT2D eigenvalue weighted by atomic mass is 16.5. The number of hydrogen-bond donors (Lipinski definition) is 0. The fourth-order valence-corrected chi connectivity index (χ4v) is 1.93. The predicted octanol–water partition coefficient (Wildman–Crippen LogP) is 4.08. The van der Waals surface area contributed by atoms with Crippen LogP contribution in [-0.2, 0) is 0 Å². The second-order valence-corrected chi connectivity index (χ2v) is 4.85. The minimum Gasteiger partial charge on any atom is -0.493 e. The van der Waals surface area contributed by atoms with Gasteiger partial charge >= 0.3 is 0 Å². The third kappa shape index (κ3) is 2.70. The first-order valence-corrected chi connectivity index (χ1v) is 6.32. The quantitative estimate of drug-likeness (QED) is 0.738. The zero-order chi connectivity index (χ0) is 13.0. The molecule has 0 amide bonds. The Morgan fingerprint density at radius 1 is 1.17 bits per heavy atom. The molecule has 0 aliphatic rings.